The largest absolute Gasteiger partial charge is 0.462 e. The minimum atomic E-state index is -0.549. The van der Waals surface area contributed by atoms with Gasteiger partial charge in [-0.1, -0.05) is 37.6 Å². The molecule has 0 unspecified atom stereocenters. The highest BCUT2D eigenvalue weighted by Gasteiger charge is 2.20. The number of ether oxygens (including phenoxy) is 1. The van der Waals surface area contributed by atoms with Crippen LogP contribution in [0.25, 0.3) is 0 Å². The molecule has 0 aliphatic carbocycles. The second kappa shape index (κ2) is 11.7. The summed E-state index contributed by atoms with van der Waals surface area (Å²) < 4.78 is 5.27. The van der Waals surface area contributed by atoms with Gasteiger partial charge in [0.05, 0.1) is 17.9 Å². The molecule has 0 atom stereocenters. The van der Waals surface area contributed by atoms with E-state index in [1.165, 1.54) is 11.3 Å². The third kappa shape index (κ3) is 6.59. The molecule has 172 valence electrons. The molecule has 0 saturated carbocycles. The van der Waals surface area contributed by atoms with E-state index >= 15 is 0 Å². The summed E-state index contributed by atoms with van der Waals surface area (Å²) in [4.78, 5) is 29.4. The van der Waals surface area contributed by atoms with Crippen LogP contribution in [-0.2, 0) is 9.53 Å². The topological polar surface area (TPSA) is 85.7 Å². The quantitative estimate of drug-likeness (QED) is 0.284. The van der Waals surface area contributed by atoms with Crippen LogP contribution >= 0.6 is 0 Å². The Labute approximate surface area is 195 Å². The van der Waals surface area contributed by atoms with Crippen molar-refractivity contribution in [3.63, 3.8) is 0 Å². The summed E-state index contributed by atoms with van der Waals surface area (Å²) >= 11 is 0. The maximum atomic E-state index is 12.8. The third-order valence-corrected chi connectivity index (χ3v) is 5.48. The van der Waals surface area contributed by atoms with Crippen molar-refractivity contribution < 1.29 is 14.3 Å². The maximum absolute atomic E-state index is 12.8. The lowest BCUT2D eigenvalue weighted by Crippen LogP contribution is -2.44. The number of unbranched alkanes of at least 4 members (excludes halogenated alkanes) is 1. The number of nitriles is 1. The van der Waals surface area contributed by atoms with Crippen molar-refractivity contribution in [2.75, 3.05) is 43.0 Å². The van der Waals surface area contributed by atoms with E-state index in [4.69, 9.17) is 4.74 Å². The van der Waals surface area contributed by atoms with Gasteiger partial charge in [-0.25, -0.2) is 4.79 Å². The summed E-state index contributed by atoms with van der Waals surface area (Å²) in [6.45, 7) is 7.41. The van der Waals surface area contributed by atoms with Gasteiger partial charge in [0, 0.05) is 38.1 Å². The smallest absolute Gasteiger partial charge is 0.340 e. The molecule has 1 aliphatic rings. The number of nitrogens with zero attached hydrogens (tertiary/aromatic N) is 3. The average Bonchev–Trinajstić information content (AvgIpc) is 2.83. The van der Waals surface area contributed by atoms with E-state index in [2.05, 4.69) is 35.3 Å². The fourth-order valence-corrected chi connectivity index (χ4v) is 3.60. The van der Waals surface area contributed by atoms with Crippen molar-refractivity contribution in [2.24, 2.45) is 0 Å². The predicted molar refractivity (Wildman–Crippen MR) is 129 cm³/mol. The molecule has 7 heteroatoms. The van der Waals surface area contributed by atoms with Gasteiger partial charge in [0.25, 0.3) is 5.91 Å². The van der Waals surface area contributed by atoms with Crippen LogP contribution in [0.5, 0.6) is 0 Å². The van der Waals surface area contributed by atoms with Gasteiger partial charge >= 0.3 is 5.97 Å². The Morgan fingerprint density at radius 2 is 1.88 bits per heavy atom. The number of carbonyl (C=O) groups excluding carboxylic acids is 2. The van der Waals surface area contributed by atoms with Crippen LogP contribution in [0, 0.1) is 18.3 Å². The summed E-state index contributed by atoms with van der Waals surface area (Å²) in [5.41, 5.74) is 2.99. The molecule has 3 rings (SSSR count). The van der Waals surface area contributed by atoms with E-state index in [0.29, 0.717) is 25.4 Å². The molecule has 0 bridgehead atoms. The summed E-state index contributed by atoms with van der Waals surface area (Å²) in [6.07, 6.45) is 3.30. The lowest BCUT2D eigenvalue weighted by molar-refractivity contribution is -0.112. The Balaban J connectivity index is 1.63. The zero-order chi connectivity index (χ0) is 23.6. The van der Waals surface area contributed by atoms with E-state index in [-0.39, 0.29) is 11.1 Å². The lowest BCUT2D eigenvalue weighted by Gasteiger charge is -2.35. The molecule has 2 aromatic rings. The van der Waals surface area contributed by atoms with Crippen LogP contribution in [0.3, 0.4) is 0 Å². The van der Waals surface area contributed by atoms with Gasteiger partial charge in [-0.3, -0.25) is 4.79 Å². The zero-order valence-corrected chi connectivity index (χ0v) is 19.2. The van der Waals surface area contributed by atoms with E-state index in [1.54, 1.807) is 30.5 Å². The number of amides is 1. The molecule has 33 heavy (non-hydrogen) atoms. The number of para-hydroxylation sites is 1. The molecule has 2 aromatic carbocycles. The van der Waals surface area contributed by atoms with Crippen LogP contribution in [0.4, 0.5) is 11.4 Å². The van der Waals surface area contributed by atoms with E-state index in [9.17, 15) is 14.9 Å². The Morgan fingerprint density at radius 1 is 1.12 bits per heavy atom. The van der Waals surface area contributed by atoms with Crippen molar-refractivity contribution in [3.8, 4) is 6.07 Å². The number of piperazine rings is 1. The van der Waals surface area contributed by atoms with Gasteiger partial charge in [-0.05, 0) is 43.2 Å². The number of hydrogen-bond acceptors (Lipinski definition) is 6. The highest BCUT2D eigenvalue weighted by molar-refractivity contribution is 6.09. The molecule has 0 radical (unpaired) electrons. The normalized spacial score (nSPS) is 13.9. The SMILES string of the molecule is CCCCOC(=O)c1ccccc1NC(=O)/C(C#N)=C\N1CCN(c2cccc(C)c2)CC1. The fraction of sp³-hybridized carbons (Fsp3) is 0.346. The molecule has 1 amide bonds. The van der Waals surface area contributed by atoms with Gasteiger partial charge in [0.2, 0.25) is 0 Å². The molecule has 1 heterocycles. The first-order chi connectivity index (χ1) is 16.0. The number of nitrogens with one attached hydrogen (secondary N) is 1. The highest BCUT2D eigenvalue weighted by atomic mass is 16.5. The van der Waals surface area contributed by atoms with Crippen molar-refractivity contribution in [1.29, 1.82) is 5.26 Å². The Bertz CT molecular complexity index is 1050. The summed E-state index contributed by atoms with van der Waals surface area (Å²) in [5.74, 6) is -1.04. The molecule has 1 saturated heterocycles. The number of hydrogen-bond donors (Lipinski definition) is 1. The number of anilines is 2. The molecule has 1 N–H and O–H groups in total. The fourth-order valence-electron chi connectivity index (χ4n) is 3.60. The van der Waals surface area contributed by atoms with Gasteiger partial charge in [-0.15, -0.1) is 0 Å². The van der Waals surface area contributed by atoms with Gasteiger partial charge < -0.3 is 19.9 Å². The molecule has 1 fully saturated rings. The first kappa shape index (κ1) is 23.9. The molecule has 7 nitrogen and oxygen atoms in total. The first-order valence-corrected chi connectivity index (χ1v) is 11.3. The summed E-state index contributed by atoms with van der Waals surface area (Å²) in [6, 6.07) is 17.0. The highest BCUT2D eigenvalue weighted by Crippen LogP contribution is 2.20. The van der Waals surface area contributed by atoms with E-state index in [0.717, 1.165) is 25.9 Å². The van der Waals surface area contributed by atoms with E-state index < -0.39 is 11.9 Å². The number of rotatable bonds is 8. The van der Waals surface area contributed by atoms with Crippen LogP contribution in [-0.4, -0.2) is 49.6 Å². The van der Waals surface area contributed by atoms with Gasteiger partial charge in [0.1, 0.15) is 11.6 Å². The third-order valence-electron chi connectivity index (χ3n) is 5.48. The van der Waals surface area contributed by atoms with Gasteiger partial charge in [-0.2, -0.15) is 5.26 Å². The number of carbonyl (C=O) groups is 2. The molecular formula is C26H30N4O3. The first-order valence-electron chi connectivity index (χ1n) is 11.3. The summed E-state index contributed by atoms with van der Waals surface area (Å²) in [5, 5.41) is 12.3. The Morgan fingerprint density at radius 3 is 2.58 bits per heavy atom. The Kier molecular flexibility index (Phi) is 8.48. The monoisotopic (exact) mass is 446 g/mol. The van der Waals surface area contributed by atoms with E-state index in [1.807, 2.05) is 24.0 Å². The molecule has 0 spiro atoms. The second-order valence-electron chi connectivity index (χ2n) is 8.01. The van der Waals surface area contributed by atoms with Crippen LogP contribution < -0.4 is 10.2 Å². The lowest BCUT2D eigenvalue weighted by atomic mass is 10.1. The second-order valence-corrected chi connectivity index (χ2v) is 8.01. The molecule has 1 aliphatic heterocycles. The van der Waals surface area contributed by atoms with Crippen LogP contribution in [0.15, 0.2) is 60.3 Å². The Hall–Kier alpha value is -3.79. The predicted octanol–water partition coefficient (Wildman–Crippen LogP) is 4.12. The minimum absolute atomic E-state index is 0.00633. The standard InChI is InChI=1S/C26H30N4O3/c1-3-4-16-33-26(32)23-10-5-6-11-24(23)28-25(31)21(18-27)19-29-12-14-30(15-13-29)22-9-7-8-20(2)17-22/h5-11,17,19H,3-4,12-16H2,1-2H3,(H,28,31)/b21-19-. The van der Waals surface area contributed by atoms with Crippen LogP contribution in [0.1, 0.15) is 35.7 Å². The van der Waals surface area contributed by atoms with Crippen molar-refractivity contribution in [3.05, 3.63) is 71.4 Å². The van der Waals surface area contributed by atoms with Crippen molar-refractivity contribution >= 4 is 23.3 Å². The average molecular weight is 447 g/mol. The van der Waals surface area contributed by atoms with Crippen LogP contribution in [0.2, 0.25) is 0 Å². The number of benzene rings is 2. The number of aryl methyl sites for hydroxylation is 1. The maximum Gasteiger partial charge on any atom is 0.340 e. The van der Waals surface area contributed by atoms with Gasteiger partial charge in [0.15, 0.2) is 0 Å². The minimum Gasteiger partial charge on any atom is -0.462 e. The molecule has 0 aromatic heterocycles. The number of esters is 1. The summed E-state index contributed by atoms with van der Waals surface area (Å²) in [7, 11) is 0. The van der Waals surface area contributed by atoms with Crippen molar-refractivity contribution in [2.45, 2.75) is 26.7 Å². The van der Waals surface area contributed by atoms with Crippen molar-refractivity contribution in [1.82, 2.24) is 4.90 Å². The zero-order valence-electron chi connectivity index (χ0n) is 19.2. The molecular weight excluding hydrogens is 416 g/mol.